The van der Waals surface area contributed by atoms with Crippen molar-refractivity contribution in [3.63, 3.8) is 0 Å². The molecular weight excluding hydrogens is 352 g/mol. The molecule has 0 aromatic carbocycles. The summed E-state index contributed by atoms with van der Waals surface area (Å²) in [4.78, 5) is 25.0. The van der Waals surface area contributed by atoms with Crippen LogP contribution in [-0.4, -0.2) is 73.5 Å². The fourth-order valence-corrected chi connectivity index (χ4v) is 4.77. The van der Waals surface area contributed by atoms with Crippen LogP contribution >= 0.6 is 0 Å². The van der Waals surface area contributed by atoms with Crippen molar-refractivity contribution in [2.24, 2.45) is 0 Å². The highest BCUT2D eigenvalue weighted by molar-refractivity contribution is 7.89. The number of amides is 1. The number of hydrogen-bond acceptors (Lipinski definition) is 6. The van der Waals surface area contributed by atoms with Crippen LogP contribution in [0.15, 0.2) is 15.4 Å². The lowest BCUT2D eigenvalue weighted by Crippen LogP contribution is -2.52. The summed E-state index contributed by atoms with van der Waals surface area (Å²) in [6, 6.07) is 0.0740. The van der Waals surface area contributed by atoms with Gasteiger partial charge in [0.1, 0.15) is 10.7 Å². The Labute approximate surface area is 145 Å². The molecule has 0 radical (unpaired) electrons. The Kier molecular flexibility index (Phi) is 4.85. The molecule has 2 aliphatic rings. The van der Waals surface area contributed by atoms with E-state index in [1.54, 1.807) is 0 Å². The van der Waals surface area contributed by atoms with Crippen molar-refractivity contribution >= 4 is 21.9 Å². The van der Waals surface area contributed by atoms with Gasteiger partial charge in [0, 0.05) is 25.7 Å². The van der Waals surface area contributed by atoms with Gasteiger partial charge in [0.25, 0.3) is 5.91 Å². The van der Waals surface area contributed by atoms with E-state index >= 15 is 0 Å². The van der Waals surface area contributed by atoms with Gasteiger partial charge in [-0.1, -0.05) is 0 Å². The molecule has 0 bridgehead atoms. The van der Waals surface area contributed by atoms with Crippen LogP contribution in [0.5, 0.6) is 0 Å². The van der Waals surface area contributed by atoms with Crippen molar-refractivity contribution in [1.82, 2.24) is 9.21 Å². The van der Waals surface area contributed by atoms with Gasteiger partial charge in [0.05, 0.1) is 13.2 Å². The van der Waals surface area contributed by atoms with Gasteiger partial charge in [-0.2, -0.15) is 4.31 Å². The van der Waals surface area contributed by atoms with Gasteiger partial charge in [-0.25, -0.2) is 13.2 Å². The molecule has 1 aromatic heterocycles. The molecule has 2 saturated heterocycles. The summed E-state index contributed by atoms with van der Waals surface area (Å²) >= 11 is 0. The number of carbonyl (C=O) groups excluding carboxylic acids is 1. The maximum atomic E-state index is 12.7. The van der Waals surface area contributed by atoms with E-state index in [0.29, 0.717) is 13.1 Å². The number of carboxylic acids is 1. The third-order valence-electron chi connectivity index (χ3n) is 4.44. The van der Waals surface area contributed by atoms with Gasteiger partial charge in [0.15, 0.2) is 11.8 Å². The minimum absolute atomic E-state index is 0.0436. The molecule has 9 nitrogen and oxygen atoms in total. The topological polar surface area (TPSA) is 117 Å². The Morgan fingerprint density at radius 3 is 2.56 bits per heavy atom. The highest BCUT2D eigenvalue weighted by Crippen LogP contribution is 2.27. The van der Waals surface area contributed by atoms with Crippen LogP contribution in [0.4, 0.5) is 0 Å². The molecule has 1 atom stereocenters. The maximum absolute atomic E-state index is 12.7. The van der Waals surface area contributed by atoms with Gasteiger partial charge in [-0.15, -0.1) is 0 Å². The quantitative estimate of drug-likeness (QED) is 0.807. The van der Waals surface area contributed by atoms with E-state index in [0.717, 1.165) is 17.7 Å². The smallest absolute Gasteiger partial charge is 0.328 e. The number of aryl methyl sites for hydroxylation is 1. The van der Waals surface area contributed by atoms with Crippen molar-refractivity contribution < 1.29 is 32.3 Å². The van der Waals surface area contributed by atoms with Crippen LogP contribution in [0.3, 0.4) is 0 Å². The summed E-state index contributed by atoms with van der Waals surface area (Å²) in [5, 5.41) is 9.23. The highest BCUT2D eigenvalue weighted by atomic mass is 32.2. The molecule has 0 spiro atoms. The van der Waals surface area contributed by atoms with Crippen LogP contribution in [0.1, 0.15) is 29.2 Å². The van der Waals surface area contributed by atoms with Gasteiger partial charge >= 0.3 is 5.97 Å². The number of sulfonamides is 1. The first kappa shape index (κ1) is 17.9. The van der Waals surface area contributed by atoms with Crippen molar-refractivity contribution in [3.8, 4) is 0 Å². The maximum Gasteiger partial charge on any atom is 0.328 e. The van der Waals surface area contributed by atoms with Crippen LogP contribution in [0.2, 0.25) is 0 Å². The molecule has 3 heterocycles. The van der Waals surface area contributed by atoms with E-state index < -0.39 is 27.9 Å². The number of aliphatic carboxylic acids is 1. The molecule has 25 heavy (non-hydrogen) atoms. The lowest BCUT2D eigenvalue weighted by molar-refractivity contribution is -0.147. The molecule has 1 N–H and O–H groups in total. The van der Waals surface area contributed by atoms with Gasteiger partial charge in [-0.3, -0.25) is 4.79 Å². The Bertz CT molecular complexity index is 780. The number of carbonyl (C=O) groups is 2. The number of ether oxygens (including phenoxy) is 1. The average molecular weight is 372 g/mol. The second kappa shape index (κ2) is 6.77. The zero-order valence-electron chi connectivity index (χ0n) is 13.8. The lowest BCUT2D eigenvalue weighted by atomic mass is 10.2. The van der Waals surface area contributed by atoms with E-state index in [9.17, 15) is 23.1 Å². The fourth-order valence-electron chi connectivity index (χ4n) is 3.09. The average Bonchev–Trinajstić information content (AvgIpc) is 3.24. The van der Waals surface area contributed by atoms with Crippen LogP contribution < -0.4 is 0 Å². The number of morpholine rings is 1. The number of rotatable bonds is 4. The molecule has 0 saturated carbocycles. The SMILES string of the molecule is Cc1oc(C(=O)N2CCOCC2C(=O)O)cc1S(=O)(=O)N1CCCC1. The van der Waals surface area contributed by atoms with Crippen LogP contribution in [0, 0.1) is 6.92 Å². The monoisotopic (exact) mass is 372 g/mol. The zero-order chi connectivity index (χ0) is 18.2. The number of carboxylic acid groups (broad SMARTS) is 1. The second-order valence-electron chi connectivity index (χ2n) is 6.07. The van der Waals surface area contributed by atoms with Crippen LogP contribution in [0.25, 0.3) is 0 Å². The Balaban J connectivity index is 1.89. The summed E-state index contributed by atoms with van der Waals surface area (Å²) in [5.74, 6) is -1.89. The molecular formula is C15H20N2O7S. The Morgan fingerprint density at radius 1 is 1.24 bits per heavy atom. The van der Waals surface area contributed by atoms with Crippen molar-refractivity contribution in [2.75, 3.05) is 32.8 Å². The molecule has 1 unspecified atom stereocenters. The largest absolute Gasteiger partial charge is 0.480 e. The number of furan rings is 1. The van der Waals surface area contributed by atoms with Gasteiger partial charge < -0.3 is 19.2 Å². The zero-order valence-corrected chi connectivity index (χ0v) is 14.6. The predicted molar refractivity (Wildman–Crippen MR) is 84.7 cm³/mol. The van der Waals surface area contributed by atoms with E-state index in [4.69, 9.17) is 9.15 Å². The van der Waals surface area contributed by atoms with Crippen molar-refractivity contribution in [3.05, 3.63) is 17.6 Å². The summed E-state index contributed by atoms with van der Waals surface area (Å²) in [7, 11) is -3.71. The highest BCUT2D eigenvalue weighted by Gasteiger charge is 2.37. The van der Waals surface area contributed by atoms with E-state index in [-0.39, 0.29) is 36.2 Å². The Morgan fingerprint density at radius 2 is 1.92 bits per heavy atom. The van der Waals surface area contributed by atoms with Crippen LogP contribution in [-0.2, 0) is 19.6 Å². The second-order valence-corrected chi connectivity index (χ2v) is 7.98. The summed E-state index contributed by atoms with van der Waals surface area (Å²) in [6.45, 7) is 2.58. The first-order chi connectivity index (χ1) is 11.8. The standard InChI is InChI=1S/C15H20N2O7S/c1-10-13(25(21,22)16-4-2-3-5-16)8-12(24-10)14(18)17-6-7-23-9-11(17)15(19)20/h8,11H,2-7,9H2,1H3,(H,19,20). The fraction of sp³-hybridized carbons (Fsp3) is 0.600. The molecule has 2 fully saturated rings. The molecule has 1 aromatic rings. The molecule has 10 heteroatoms. The Hall–Kier alpha value is -1.91. The molecule has 2 aliphatic heterocycles. The minimum atomic E-state index is -3.71. The van der Waals surface area contributed by atoms with Gasteiger partial charge in [0.2, 0.25) is 10.0 Å². The van der Waals surface area contributed by atoms with Crippen molar-refractivity contribution in [1.29, 1.82) is 0 Å². The third kappa shape index (κ3) is 3.29. The predicted octanol–water partition coefficient (Wildman–Crippen LogP) is 0.298. The summed E-state index contributed by atoms with van der Waals surface area (Å²) < 4.78 is 37.2. The molecule has 3 rings (SSSR count). The van der Waals surface area contributed by atoms with E-state index in [1.165, 1.54) is 17.3 Å². The molecule has 138 valence electrons. The lowest BCUT2D eigenvalue weighted by Gasteiger charge is -2.32. The number of nitrogens with zero attached hydrogens (tertiary/aromatic N) is 2. The molecule has 1 amide bonds. The van der Waals surface area contributed by atoms with E-state index in [1.807, 2.05) is 0 Å². The number of hydrogen-bond donors (Lipinski definition) is 1. The first-order valence-corrected chi connectivity index (χ1v) is 9.48. The molecule has 0 aliphatic carbocycles. The third-order valence-corrected chi connectivity index (χ3v) is 6.45. The van der Waals surface area contributed by atoms with Gasteiger partial charge in [-0.05, 0) is 19.8 Å². The van der Waals surface area contributed by atoms with E-state index in [2.05, 4.69) is 0 Å². The summed E-state index contributed by atoms with van der Waals surface area (Å²) in [5.41, 5.74) is 0. The first-order valence-electron chi connectivity index (χ1n) is 8.04. The summed E-state index contributed by atoms with van der Waals surface area (Å²) in [6.07, 6.45) is 1.60. The normalized spacial score (nSPS) is 22.3. The van der Waals surface area contributed by atoms with Crippen molar-refractivity contribution in [2.45, 2.75) is 30.7 Å². The minimum Gasteiger partial charge on any atom is -0.480 e.